The third kappa shape index (κ3) is 2.86. The van der Waals surface area contributed by atoms with Crippen LogP contribution in [0.1, 0.15) is 31.5 Å². The Morgan fingerprint density at radius 1 is 1.65 bits per heavy atom. The molecule has 0 spiro atoms. The summed E-state index contributed by atoms with van der Waals surface area (Å²) in [6, 6.07) is 0.259. The maximum Gasteiger partial charge on any atom is 0.153 e. The molecule has 1 fully saturated rings. The normalized spacial score (nSPS) is 22.6. The molecule has 0 bridgehead atoms. The number of halogens is 1. The molecule has 2 rings (SSSR count). The van der Waals surface area contributed by atoms with Crippen LogP contribution in [0.2, 0.25) is 0 Å². The van der Waals surface area contributed by atoms with Crippen LogP contribution in [-0.4, -0.2) is 34.8 Å². The highest BCUT2D eigenvalue weighted by molar-refractivity contribution is 9.10. The minimum atomic E-state index is 0.259. The Hall–Kier alpha value is -0.460. The summed E-state index contributed by atoms with van der Waals surface area (Å²) in [5, 5.41) is 11.6. The van der Waals surface area contributed by atoms with Crippen LogP contribution in [0.3, 0.4) is 0 Å². The van der Waals surface area contributed by atoms with Crippen LogP contribution in [0.15, 0.2) is 4.60 Å². The van der Waals surface area contributed by atoms with Gasteiger partial charge in [0, 0.05) is 19.6 Å². The van der Waals surface area contributed by atoms with Gasteiger partial charge in [0.15, 0.2) is 4.60 Å². The van der Waals surface area contributed by atoms with E-state index in [1.165, 1.54) is 6.42 Å². The third-order valence-electron chi connectivity index (χ3n) is 3.21. The Balaban J connectivity index is 2.21. The minimum Gasteiger partial charge on any atom is -0.381 e. The molecule has 17 heavy (non-hydrogen) atoms. The van der Waals surface area contributed by atoms with Gasteiger partial charge in [0.2, 0.25) is 0 Å². The molecule has 6 heteroatoms. The first kappa shape index (κ1) is 13.0. The zero-order chi connectivity index (χ0) is 12.3. The topological polar surface area (TPSA) is 52.0 Å². The summed E-state index contributed by atoms with van der Waals surface area (Å²) in [5.41, 5.74) is 1.11. The lowest BCUT2D eigenvalue weighted by molar-refractivity contribution is 0.0379. The van der Waals surface area contributed by atoms with Gasteiger partial charge in [-0.3, -0.25) is 0 Å². The first-order valence-electron chi connectivity index (χ1n) is 6.10. The Morgan fingerprint density at radius 2 is 2.47 bits per heavy atom. The van der Waals surface area contributed by atoms with Crippen molar-refractivity contribution in [1.29, 1.82) is 0 Å². The Bertz CT molecular complexity index is 343. The molecule has 5 nitrogen and oxygen atoms in total. The van der Waals surface area contributed by atoms with E-state index >= 15 is 0 Å². The van der Waals surface area contributed by atoms with Crippen molar-refractivity contribution in [3.05, 3.63) is 10.3 Å². The number of ether oxygens (including phenoxy) is 1. The molecule has 0 saturated carbocycles. The summed E-state index contributed by atoms with van der Waals surface area (Å²) in [6.45, 7) is 4.75. The molecule has 1 N–H and O–H groups in total. The number of aryl methyl sites for hydroxylation is 1. The van der Waals surface area contributed by atoms with Crippen molar-refractivity contribution in [2.75, 3.05) is 19.8 Å². The summed E-state index contributed by atoms with van der Waals surface area (Å²) in [5.74, 6) is 0.497. The van der Waals surface area contributed by atoms with Crippen LogP contribution in [-0.2, 0) is 11.8 Å². The number of hydrogen-bond acceptors (Lipinski definition) is 4. The molecule has 2 heterocycles. The summed E-state index contributed by atoms with van der Waals surface area (Å²) in [7, 11) is 1.93. The van der Waals surface area contributed by atoms with Crippen molar-refractivity contribution >= 4 is 15.9 Å². The highest BCUT2D eigenvalue weighted by atomic mass is 79.9. The molecule has 0 amide bonds. The third-order valence-corrected chi connectivity index (χ3v) is 3.78. The van der Waals surface area contributed by atoms with Gasteiger partial charge >= 0.3 is 0 Å². The molecule has 0 radical (unpaired) electrons. The molecule has 2 atom stereocenters. The predicted octanol–water partition coefficient (Wildman–Crippen LogP) is 1.65. The largest absolute Gasteiger partial charge is 0.381 e. The van der Waals surface area contributed by atoms with Crippen LogP contribution in [0.5, 0.6) is 0 Å². The zero-order valence-electron chi connectivity index (χ0n) is 10.3. The predicted molar refractivity (Wildman–Crippen MR) is 68.7 cm³/mol. The molecular formula is C11H19BrN4O. The van der Waals surface area contributed by atoms with Crippen molar-refractivity contribution in [1.82, 2.24) is 20.3 Å². The van der Waals surface area contributed by atoms with Crippen molar-refractivity contribution < 1.29 is 4.74 Å². The standard InChI is InChI=1S/C11H19BrN4O/c1-3-13-9(8-5-4-6-17-7-8)10-11(12)14-15-16(10)2/h8-9,13H,3-7H2,1-2H3. The van der Waals surface area contributed by atoms with E-state index in [1.54, 1.807) is 0 Å². The van der Waals surface area contributed by atoms with Gasteiger partial charge in [0.05, 0.1) is 18.3 Å². The molecule has 96 valence electrons. The van der Waals surface area contributed by atoms with E-state index in [0.717, 1.165) is 36.5 Å². The lowest BCUT2D eigenvalue weighted by atomic mass is 9.91. The quantitative estimate of drug-likeness (QED) is 0.919. The van der Waals surface area contributed by atoms with Crippen LogP contribution < -0.4 is 5.32 Å². The van der Waals surface area contributed by atoms with Crippen LogP contribution >= 0.6 is 15.9 Å². The molecule has 1 saturated heterocycles. The summed E-state index contributed by atoms with van der Waals surface area (Å²) < 4.78 is 8.25. The van der Waals surface area contributed by atoms with E-state index in [4.69, 9.17) is 4.74 Å². The number of aromatic nitrogens is 3. The average Bonchev–Trinajstić information content (AvgIpc) is 2.68. The van der Waals surface area contributed by atoms with Crippen molar-refractivity contribution in [2.45, 2.75) is 25.8 Å². The number of nitrogens with zero attached hydrogens (tertiary/aromatic N) is 3. The first-order valence-corrected chi connectivity index (χ1v) is 6.89. The first-order chi connectivity index (χ1) is 8.24. The lowest BCUT2D eigenvalue weighted by Crippen LogP contribution is -2.34. The van der Waals surface area contributed by atoms with Gasteiger partial charge in [-0.1, -0.05) is 12.1 Å². The highest BCUT2D eigenvalue weighted by Crippen LogP contribution is 2.31. The summed E-state index contributed by atoms with van der Waals surface area (Å²) >= 11 is 3.48. The number of rotatable bonds is 4. The van der Waals surface area contributed by atoms with Crippen LogP contribution in [0, 0.1) is 5.92 Å². The fourth-order valence-corrected chi connectivity index (χ4v) is 2.98. The van der Waals surface area contributed by atoms with Crippen LogP contribution in [0.25, 0.3) is 0 Å². The molecular weight excluding hydrogens is 284 g/mol. The van der Waals surface area contributed by atoms with E-state index in [9.17, 15) is 0 Å². The van der Waals surface area contributed by atoms with Crippen molar-refractivity contribution in [3.8, 4) is 0 Å². The van der Waals surface area contributed by atoms with Gasteiger partial charge in [0.1, 0.15) is 0 Å². The number of nitrogens with one attached hydrogen (secondary N) is 1. The zero-order valence-corrected chi connectivity index (χ0v) is 11.9. The minimum absolute atomic E-state index is 0.259. The molecule has 1 aromatic rings. The maximum atomic E-state index is 5.58. The van der Waals surface area contributed by atoms with Gasteiger partial charge < -0.3 is 10.1 Å². The molecule has 0 aromatic carbocycles. The fraction of sp³-hybridized carbons (Fsp3) is 0.818. The van der Waals surface area contributed by atoms with E-state index in [1.807, 2.05) is 11.7 Å². The molecule has 2 unspecified atom stereocenters. The Morgan fingerprint density at radius 3 is 3.00 bits per heavy atom. The second-order valence-electron chi connectivity index (χ2n) is 4.40. The fourth-order valence-electron chi connectivity index (χ4n) is 2.40. The van der Waals surface area contributed by atoms with Crippen LogP contribution in [0.4, 0.5) is 0 Å². The van der Waals surface area contributed by atoms with Gasteiger partial charge in [-0.15, -0.1) is 5.10 Å². The smallest absolute Gasteiger partial charge is 0.153 e. The Kier molecular flexibility index (Phi) is 4.53. The van der Waals surface area contributed by atoms with Gasteiger partial charge in [-0.2, -0.15) is 0 Å². The van der Waals surface area contributed by atoms with Crippen molar-refractivity contribution in [3.63, 3.8) is 0 Å². The van der Waals surface area contributed by atoms with E-state index in [2.05, 4.69) is 38.5 Å². The van der Waals surface area contributed by atoms with Gasteiger partial charge in [-0.25, -0.2) is 4.68 Å². The maximum absolute atomic E-state index is 5.58. The summed E-state index contributed by atoms with van der Waals surface area (Å²) in [6.07, 6.45) is 2.32. The van der Waals surface area contributed by atoms with E-state index in [0.29, 0.717) is 5.92 Å². The SMILES string of the molecule is CCNC(c1c(Br)nnn1C)C1CCCOC1. The molecule has 1 aromatic heterocycles. The molecule has 1 aliphatic rings. The average molecular weight is 303 g/mol. The monoisotopic (exact) mass is 302 g/mol. The van der Waals surface area contributed by atoms with Crippen molar-refractivity contribution in [2.24, 2.45) is 13.0 Å². The summed E-state index contributed by atoms with van der Waals surface area (Å²) in [4.78, 5) is 0. The second kappa shape index (κ2) is 5.93. The lowest BCUT2D eigenvalue weighted by Gasteiger charge is -2.30. The van der Waals surface area contributed by atoms with Gasteiger partial charge in [-0.05, 0) is 35.3 Å². The molecule has 1 aliphatic heterocycles. The van der Waals surface area contributed by atoms with E-state index in [-0.39, 0.29) is 6.04 Å². The molecule has 0 aliphatic carbocycles. The van der Waals surface area contributed by atoms with E-state index < -0.39 is 0 Å². The highest BCUT2D eigenvalue weighted by Gasteiger charge is 2.29. The number of hydrogen-bond donors (Lipinski definition) is 1. The van der Waals surface area contributed by atoms with Gasteiger partial charge in [0.25, 0.3) is 0 Å². The Labute approximate surface area is 110 Å². The second-order valence-corrected chi connectivity index (χ2v) is 5.15.